The normalized spacial score (nSPS) is 11.4. The number of hydrogen-bond acceptors (Lipinski definition) is 1. The summed E-state index contributed by atoms with van der Waals surface area (Å²) in [7, 11) is 0. The summed E-state index contributed by atoms with van der Waals surface area (Å²) < 4.78 is 1.70. The van der Waals surface area contributed by atoms with E-state index in [1.807, 2.05) is 54.7 Å². The van der Waals surface area contributed by atoms with Crippen LogP contribution in [0.5, 0.6) is 0 Å². The molecule has 19 heavy (non-hydrogen) atoms. The molecule has 4 rings (SSSR count). The van der Waals surface area contributed by atoms with Gasteiger partial charge in [0.15, 0.2) is 0 Å². The van der Waals surface area contributed by atoms with Gasteiger partial charge in [0.05, 0.1) is 16.7 Å². The smallest absolute Gasteiger partial charge is 0.331 e. The molecule has 2 N–H and O–H groups in total. The second-order valence-electron chi connectivity index (χ2n) is 4.50. The minimum atomic E-state index is -0.119. The standard InChI is InChI=1S/C15H11N3O/c19-15-17-12-7-3-4-8-13(12)18(15)14-9-16-11-6-2-1-5-10(11)14/h1-9,16H,(H,17,19). The molecular formula is C15H11N3O. The fourth-order valence-corrected chi connectivity index (χ4v) is 2.54. The quantitative estimate of drug-likeness (QED) is 0.535. The van der Waals surface area contributed by atoms with E-state index >= 15 is 0 Å². The highest BCUT2D eigenvalue weighted by molar-refractivity contribution is 5.90. The molecule has 4 aromatic rings. The molecule has 0 saturated heterocycles. The van der Waals surface area contributed by atoms with Gasteiger partial charge in [-0.25, -0.2) is 4.79 Å². The van der Waals surface area contributed by atoms with Gasteiger partial charge in [-0.15, -0.1) is 0 Å². The van der Waals surface area contributed by atoms with Crippen molar-refractivity contribution in [3.63, 3.8) is 0 Å². The van der Waals surface area contributed by atoms with Crippen LogP contribution in [0, 0.1) is 0 Å². The molecule has 0 amide bonds. The Balaban J connectivity index is 2.15. The van der Waals surface area contributed by atoms with Crippen molar-refractivity contribution >= 4 is 21.9 Å². The van der Waals surface area contributed by atoms with Gasteiger partial charge in [-0.05, 0) is 18.2 Å². The average Bonchev–Trinajstić information content (AvgIpc) is 2.98. The predicted molar refractivity (Wildman–Crippen MR) is 75.8 cm³/mol. The van der Waals surface area contributed by atoms with Crippen LogP contribution in [0.3, 0.4) is 0 Å². The molecule has 92 valence electrons. The molecular weight excluding hydrogens is 238 g/mol. The summed E-state index contributed by atoms with van der Waals surface area (Å²) in [6.07, 6.45) is 1.87. The molecule has 0 unspecified atom stereocenters. The highest BCUT2D eigenvalue weighted by Crippen LogP contribution is 2.23. The molecule has 0 saturated carbocycles. The molecule has 0 fully saturated rings. The molecule has 4 heteroatoms. The van der Waals surface area contributed by atoms with E-state index in [4.69, 9.17) is 0 Å². The molecule has 0 spiro atoms. The van der Waals surface area contributed by atoms with E-state index in [2.05, 4.69) is 9.97 Å². The van der Waals surface area contributed by atoms with Gasteiger partial charge in [0.1, 0.15) is 0 Å². The topological polar surface area (TPSA) is 53.6 Å². The van der Waals surface area contributed by atoms with Crippen molar-refractivity contribution in [2.45, 2.75) is 0 Å². The highest BCUT2D eigenvalue weighted by Gasteiger charge is 2.11. The van der Waals surface area contributed by atoms with Gasteiger partial charge in [-0.2, -0.15) is 0 Å². The maximum atomic E-state index is 12.2. The monoisotopic (exact) mass is 249 g/mol. The van der Waals surface area contributed by atoms with E-state index in [0.717, 1.165) is 27.6 Å². The molecule has 4 nitrogen and oxygen atoms in total. The van der Waals surface area contributed by atoms with Crippen LogP contribution in [0.4, 0.5) is 0 Å². The Morgan fingerprint density at radius 3 is 2.53 bits per heavy atom. The summed E-state index contributed by atoms with van der Waals surface area (Å²) >= 11 is 0. The molecule has 0 atom stereocenters. The van der Waals surface area contributed by atoms with Crippen molar-refractivity contribution in [2.75, 3.05) is 0 Å². The first-order valence-corrected chi connectivity index (χ1v) is 6.11. The molecule has 0 aliphatic heterocycles. The Labute approximate surface area is 108 Å². The Morgan fingerprint density at radius 2 is 1.63 bits per heavy atom. The van der Waals surface area contributed by atoms with Gasteiger partial charge in [-0.3, -0.25) is 4.57 Å². The molecule has 2 heterocycles. The number of hydrogen-bond donors (Lipinski definition) is 2. The molecule has 2 aromatic carbocycles. The van der Waals surface area contributed by atoms with Crippen molar-refractivity contribution in [1.29, 1.82) is 0 Å². The Hall–Kier alpha value is -2.75. The second kappa shape index (κ2) is 3.62. The van der Waals surface area contributed by atoms with Gasteiger partial charge in [0.25, 0.3) is 0 Å². The zero-order valence-corrected chi connectivity index (χ0v) is 10.1. The minimum Gasteiger partial charge on any atom is -0.359 e. The Kier molecular flexibility index (Phi) is 1.94. The third-order valence-electron chi connectivity index (χ3n) is 3.40. The summed E-state index contributed by atoms with van der Waals surface area (Å²) in [6.45, 7) is 0. The van der Waals surface area contributed by atoms with Crippen LogP contribution in [0.25, 0.3) is 27.6 Å². The molecule has 0 bridgehead atoms. The van der Waals surface area contributed by atoms with E-state index in [1.165, 1.54) is 0 Å². The third-order valence-corrected chi connectivity index (χ3v) is 3.40. The average molecular weight is 249 g/mol. The lowest BCUT2D eigenvalue weighted by molar-refractivity contribution is 1.02. The third kappa shape index (κ3) is 1.37. The predicted octanol–water partition coefficient (Wildman–Crippen LogP) is 2.80. The van der Waals surface area contributed by atoms with Crippen LogP contribution in [0.15, 0.2) is 59.5 Å². The Morgan fingerprint density at radius 1 is 0.895 bits per heavy atom. The molecule has 0 aliphatic rings. The summed E-state index contributed by atoms with van der Waals surface area (Å²) in [5.74, 6) is 0. The lowest BCUT2D eigenvalue weighted by Gasteiger charge is -2.00. The van der Waals surface area contributed by atoms with Gasteiger partial charge in [0.2, 0.25) is 0 Å². The zero-order valence-electron chi connectivity index (χ0n) is 10.1. The van der Waals surface area contributed by atoms with Crippen LogP contribution in [-0.4, -0.2) is 14.5 Å². The maximum Gasteiger partial charge on any atom is 0.331 e. The lowest BCUT2D eigenvalue weighted by Crippen LogP contribution is -2.14. The lowest BCUT2D eigenvalue weighted by atomic mass is 10.2. The molecule has 2 aromatic heterocycles. The number of fused-ring (bicyclic) bond motifs is 2. The van der Waals surface area contributed by atoms with E-state index in [1.54, 1.807) is 4.57 Å². The maximum absolute atomic E-state index is 12.2. The van der Waals surface area contributed by atoms with Gasteiger partial charge < -0.3 is 9.97 Å². The number of rotatable bonds is 1. The fourth-order valence-electron chi connectivity index (χ4n) is 2.54. The van der Waals surface area contributed by atoms with Crippen LogP contribution >= 0.6 is 0 Å². The van der Waals surface area contributed by atoms with Gasteiger partial charge in [-0.1, -0.05) is 30.3 Å². The number of nitrogens with zero attached hydrogens (tertiary/aromatic N) is 1. The van der Waals surface area contributed by atoms with Gasteiger partial charge >= 0.3 is 5.69 Å². The summed E-state index contributed by atoms with van der Waals surface area (Å²) in [4.78, 5) is 18.2. The van der Waals surface area contributed by atoms with E-state index in [-0.39, 0.29) is 5.69 Å². The summed E-state index contributed by atoms with van der Waals surface area (Å²) in [6, 6.07) is 15.6. The van der Waals surface area contributed by atoms with Crippen molar-refractivity contribution in [3.05, 3.63) is 65.2 Å². The fraction of sp³-hybridized carbons (Fsp3) is 0. The molecule has 0 aliphatic carbocycles. The second-order valence-corrected chi connectivity index (χ2v) is 4.50. The number of aromatic nitrogens is 3. The number of imidazole rings is 1. The largest absolute Gasteiger partial charge is 0.359 e. The van der Waals surface area contributed by atoms with Crippen molar-refractivity contribution < 1.29 is 0 Å². The highest BCUT2D eigenvalue weighted by atomic mass is 16.1. The van der Waals surface area contributed by atoms with Crippen molar-refractivity contribution in [1.82, 2.24) is 14.5 Å². The van der Waals surface area contributed by atoms with E-state index < -0.39 is 0 Å². The van der Waals surface area contributed by atoms with Crippen molar-refractivity contribution in [3.8, 4) is 5.69 Å². The van der Waals surface area contributed by atoms with Crippen LogP contribution in [0.2, 0.25) is 0 Å². The SMILES string of the molecule is O=c1[nH]c2ccccc2n1-c1c[nH]c2ccccc12. The van der Waals surface area contributed by atoms with Gasteiger partial charge in [0, 0.05) is 17.1 Å². The Bertz CT molecular complexity index is 943. The number of benzene rings is 2. The zero-order chi connectivity index (χ0) is 12.8. The number of para-hydroxylation sites is 3. The number of nitrogens with one attached hydrogen (secondary N) is 2. The first-order chi connectivity index (χ1) is 9.34. The first kappa shape index (κ1) is 10.2. The summed E-state index contributed by atoms with van der Waals surface area (Å²) in [5.41, 5.74) is 3.51. The van der Waals surface area contributed by atoms with Crippen LogP contribution in [0.1, 0.15) is 0 Å². The van der Waals surface area contributed by atoms with Crippen LogP contribution in [-0.2, 0) is 0 Å². The number of aromatic amines is 2. The van der Waals surface area contributed by atoms with Crippen molar-refractivity contribution in [2.24, 2.45) is 0 Å². The van der Waals surface area contributed by atoms with Crippen LogP contribution < -0.4 is 5.69 Å². The van der Waals surface area contributed by atoms with E-state index in [0.29, 0.717) is 0 Å². The van der Waals surface area contributed by atoms with E-state index in [9.17, 15) is 4.79 Å². The first-order valence-electron chi connectivity index (χ1n) is 6.11. The number of H-pyrrole nitrogens is 2. The minimum absolute atomic E-state index is 0.119. The summed E-state index contributed by atoms with van der Waals surface area (Å²) in [5, 5.41) is 1.04. The molecule has 0 radical (unpaired) electrons.